The molecule has 3 aliphatic rings. The molecule has 3 heterocycles. The summed E-state index contributed by atoms with van der Waals surface area (Å²) in [6, 6.07) is 5.47. The lowest BCUT2D eigenvalue weighted by molar-refractivity contribution is 0.171. The van der Waals surface area contributed by atoms with Gasteiger partial charge in [-0.2, -0.15) is 0 Å². The molecule has 130 valence electrons. The van der Waals surface area contributed by atoms with Crippen LogP contribution in [-0.4, -0.2) is 55.6 Å². The monoisotopic (exact) mass is 368 g/mol. The highest BCUT2D eigenvalue weighted by Crippen LogP contribution is 2.40. The summed E-state index contributed by atoms with van der Waals surface area (Å²) in [5.74, 6) is 1.73. The Kier molecular flexibility index (Phi) is 3.91. The van der Waals surface area contributed by atoms with Gasteiger partial charge in [-0.3, -0.25) is 4.99 Å². The third kappa shape index (κ3) is 2.86. The van der Waals surface area contributed by atoms with Crippen LogP contribution in [0.15, 0.2) is 23.2 Å². The lowest BCUT2D eigenvalue weighted by Gasteiger charge is -2.28. The maximum Gasteiger partial charge on any atom is 0.164 e. The normalized spacial score (nSPS) is 27.3. The maximum absolute atomic E-state index is 12.0. The first kappa shape index (κ1) is 16.1. The van der Waals surface area contributed by atoms with Crippen LogP contribution in [0.4, 0.5) is 5.69 Å². The van der Waals surface area contributed by atoms with E-state index >= 15 is 0 Å². The van der Waals surface area contributed by atoms with Gasteiger partial charge in [0.25, 0.3) is 0 Å². The zero-order valence-corrected chi connectivity index (χ0v) is 15.3. The summed E-state index contributed by atoms with van der Waals surface area (Å²) in [5.41, 5.74) is 0.913. The summed E-state index contributed by atoms with van der Waals surface area (Å²) < 4.78 is 35.3. The number of aliphatic imine (C=N–C) groups is 1. The van der Waals surface area contributed by atoms with E-state index in [0.717, 1.165) is 16.6 Å². The number of sulfone groups is 1. The van der Waals surface area contributed by atoms with Gasteiger partial charge in [0.05, 0.1) is 23.6 Å². The van der Waals surface area contributed by atoms with E-state index in [1.807, 2.05) is 18.2 Å². The van der Waals surface area contributed by atoms with Crippen molar-refractivity contribution in [3.8, 4) is 11.5 Å². The molecule has 0 aliphatic carbocycles. The lowest BCUT2D eigenvalue weighted by Crippen LogP contribution is -2.39. The fourth-order valence-electron chi connectivity index (χ4n) is 3.31. The summed E-state index contributed by atoms with van der Waals surface area (Å²) in [6.45, 7) is 5.30. The highest BCUT2D eigenvalue weighted by atomic mass is 32.2. The van der Waals surface area contributed by atoms with Crippen molar-refractivity contribution in [2.75, 3.05) is 29.6 Å². The Bertz CT molecular complexity index is 791. The Hall–Kier alpha value is -1.41. The molecule has 1 aromatic rings. The number of fused-ring (bicyclic) bond motifs is 2. The Morgan fingerprint density at radius 3 is 2.71 bits per heavy atom. The van der Waals surface area contributed by atoms with Gasteiger partial charge in [-0.05, 0) is 12.1 Å². The van der Waals surface area contributed by atoms with Crippen molar-refractivity contribution in [2.45, 2.75) is 31.2 Å². The van der Waals surface area contributed by atoms with E-state index in [9.17, 15) is 8.42 Å². The first-order valence-corrected chi connectivity index (χ1v) is 10.8. The summed E-state index contributed by atoms with van der Waals surface area (Å²) in [7, 11) is -3.03. The molecule has 0 amide bonds. The number of hydrogen-bond donors (Lipinski definition) is 0. The Balaban J connectivity index is 1.72. The van der Waals surface area contributed by atoms with E-state index in [0.29, 0.717) is 24.2 Å². The minimum atomic E-state index is -3.03. The fourth-order valence-corrected chi connectivity index (χ4v) is 6.13. The van der Waals surface area contributed by atoms with E-state index in [1.54, 1.807) is 11.8 Å². The third-order valence-corrected chi connectivity index (χ3v) is 6.94. The minimum Gasteiger partial charge on any atom is -0.486 e. The molecule has 0 bridgehead atoms. The second-order valence-corrected chi connectivity index (χ2v) is 10.2. The summed E-state index contributed by atoms with van der Waals surface area (Å²) >= 11 is 1.67. The van der Waals surface area contributed by atoms with Gasteiger partial charge in [0, 0.05) is 17.0 Å². The molecule has 0 saturated carbocycles. The molecule has 0 unspecified atom stereocenters. The smallest absolute Gasteiger partial charge is 0.164 e. The van der Waals surface area contributed by atoms with Crippen LogP contribution >= 0.6 is 11.8 Å². The van der Waals surface area contributed by atoms with E-state index in [-0.39, 0.29) is 23.6 Å². The number of amidine groups is 1. The van der Waals surface area contributed by atoms with Crippen molar-refractivity contribution in [1.82, 2.24) is 0 Å². The minimum absolute atomic E-state index is 0.126. The number of rotatable bonds is 2. The van der Waals surface area contributed by atoms with Gasteiger partial charge in [-0.15, -0.1) is 0 Å². The standard InChI is InChI=1S/C16H20N2O4S2/c1-10(2)23-16-17-12-8-24(19,20)9-13(12)18(16)11-3-4-14-15(7-11)22-6-5-21-14/h3-4,7,10,12-13H,5-6,8-9H2,1-2H3/t12-,13+/m1/s1. The SMILES string of the molecule is CC(C)SC1=N[C@@H]2CS(=O)(=O)C[C@@H]2N1c1ccc2c(c1)OCCO2. The summed E-state index contributed by atoms with van der Waals surface area (Å²) in [4.78, 5) is 6.78. The lowest BCUT2D eigenvalue weighted by atomic mass is 10.1. The average Bonchev–Trinajstić information content (AvgIpc) is 2.97. The molecule has 6 nitrogen and oxygen atoms in total. The molecular formula is C16H20N2O4S2. The van der Waals surface area contributed by atoms with Gasteiger partial charge in [0.1, 0.15) is 13.2 Å². The number of benzene rings is 1. The van der Waals surface area contributed by atoms with Crippen molar-refractivity contribution < 1.29 is 17.9 Å². The molecule has 1 aromatic carbocycles. The first-order chi connectivity index (χ1) is 11.4. The molecule has 0 spiro atoms. The average molecular weight is 368 g/mol. The predicted octanol–water partition coefficient (Wildman–Crippen LogP) is 1.94. The molecule has 0 aromatic heterocycles. The zero-order valence-electron chi connectivity index (χ0n) is 13.6. The van der Waals surface area contributed by atoms with Crippen LogP contribution < -0.4 is 14.4 Å². The largest absolute Gasteiger partial charge is 0.486 e. The van der Waals surface area contributed by atoms with Crippen molar-refractivity contribution in [3.05, 3.63) is 18.2 Å². The molecule has 0 N–H and O–H groups in total. The van der Waals surface area contributed by atoms with Crippen LogP contribution in [0.1, 0.15) is 13.8 Å². The van der Waals surface area contributed by atoms with Crippen LogP contribution in [0.5, 0.6) is 11.5 Å². The predicted molar refractivity (Wildman–Crippen MR) is 96.3 cm³/mol. The van der Waals surface area contributed by atoms with E-state index in [1.165, 1.54) is 0 Å². The number of nitrogens with zero attached hydrogens (tertiary/aromatic N) is 2. The van der Waals surface area contributed by atoms with Crippen LogP contribution in [0, 0.1) is 0 Å². The first-order valence-electron chi connectivity index (χ1n) is 8.07. The third-order valence-electron chi connectivity index (χ3n) is 4.25. The molecule has 4 rings (SSSR count). The van der Waals surface area contributed by atoms with Gasteiger partial charge in [0.15, 0.2) is 26.5 Å². The number of ether oxygens (including phenoxy) is 2. The molecule has 24 heavy (non-hydrogen) atoms. The highest BCUT2D eigenvalue weighted by molar-refractivity contribution is 8.14. The van der Waals surface area contributed by atoms with Crippen LogP contribution in [-0.2, 0) is 9.84 Å². The Labute approximate surface area is 146 Å². The Morgan fingerprint density at radius 1 is 1.21 bits per heavy atom. The summed E-state index contributed by atoms with van der Waals surface area (Å²) in [5, 5.41) is 1.27. The van der Waals surface area contributed by atoms with Crippen molar-refractivity contribution in [3.63, 3.8) is 0 Å². The Morgan fingerprint density at radius 2 is 1.96 bits per heavy atom. The van der Waals surface area contributed by atoms with Gasteiger partial charge in [0.2, 0.25) is 0 Å². The zero-order chi connectivity index (χ0) is 16.9. The summed E-state index contributed by atoms with van der Waals surface area (Å²) in [6.07, 6.45) is 0. The molecule has 0 radical (unpaired) electrons. The van der Waals surface area contributed by atoms with E-state index in [2.05, 4.69) is 18.7 Å². The fraction of sp³-hybridized carbons (Fsp3) is 0.562. The van der Waals surface area contributed by atoms with Gasteiger partial charge < -0.3 is 14.4 Å². The molecule has 2 atom stereocenters. The molecule has 1 saturated heterocycles. The van der Waals surface area contributed by atoms with Crippen LogP contribution in [0.25, 0.3) is 0 Å². The number of hydrogen-bond acceptors (Lipinski definition) is 7. The highest BCUT2D eigenvalue weighted by Gasteiger charge is 2.47. The molecular weight excluding hydrogens is 348 g/mol. The van der Waals surface area contributed by atoms with E-state index in [4.69, 9.17) is 14.5 Å². The van der Waals surface area contributed by atoms with Gasteiger partial charge in [-0.1, -0.05) is 25.6 Å². The van der Waals surface area contributed by atoms with Crippen molar-refractivity contribution >= 4 is 32.5 Å². The maximum atomic E-state index is 12.0. The van der Waals surface area contributed by atoms with Crippen molar-refractivity contribution in [2.24, 2.45) is 4.99 Å². The van der Waals surface area contributed by atoms with Crippen LogP contribution in [0.3, 0.4) is 0 Å². The molecule has 1 fully saturated rings. The van der Waals surface area contributed by atoms with E-state index < -0.39 is 9.84 Å². The number of anilines is 1. The molecule has 3 aliphatic heterocycles. The number of thioether (sulfide) groups is 1. The quantitative estimate of drug-likeness (QED) is 0.795. The second kappa shape index (κ2) is 5.84. The van der Waals surface area contributed by atoms with Crippen LogP contribution in [0.2, 0.25) is 0 Å². The second-order valence-electron chi connectivity index (χ2n) is 6.49. The topological polar surface area (TPSA) is 68.2 Å². The van der Waals surface area contributed by atoms with Crippen molar-refractivity contribution in [1.29, 1.82) is 0 Å². The van der Waals surface area contributed by atoms with Gasteiger partial charge in [-0.25, -0.2) is 8.42 Å². The van der Waals surface area contributed by atoms with Gasteiger partial charge >= 0.3 is 0 Å². The molecule has 8 heteroatoms.